The minimum Gasteiger partial charge on any atom is -0.326 e. The van der Waals surface area contributed by atoms with E-state index >= 15 is 0 Å². The van der Waals surface area contributed by atoms with E-state index in [-0.39, 0.29) is 5.91 Å². The number of benzene rings is 1. The second kappa shape index (κ2) is 5.37. The maximum absolute atomic E-state index is 11.3. The van der Waals surface area contributed by atoms with Gasteiger partial charge in [0.2, 0.25) is 5.91 Å². The molecule has 0 aliphatic carbocycles. The lowest BCUT2D eigenvalue weighted by Gasteiger charge is -2.07. The van der Waals surface area contributed by atoms with Gasteiger partial charge in [-0.3, -0.25) is 4.79 Å². The second-order valence-corrected chi connectivity index (χ2v) is 4.24. The first-order valence-corrected chi connectivity index (χ1v) is 5.58. The molecule has 0 bridgehead atoms. The molecular formula is C10H11BrClNO. The maximum Gasteiger partial charge on any atom is 0.225 e. The number of carbonyl (C=O) groups excluding carboxylic acids is 1. The molecule has 4 heteroatoms. The quantitative estimate of drug-likeness (QED) is 0.843. The van der Waals surface area contributed by atoms with Crippen LogP contribution in [0.25, 0.3) is 0 Å². The van der Waals surface area contributed by atoms with Crippen LogP contribution in [0.3, 0.4) is 0 Å². The minimum atomic E-state index is -0.0544. The molecule has 0 fully saturated rings. The summed E-state index contributed by atoms with van der Waals surface area (Å²) in [6.07, 6.45) is 0.341. The van der Waals surface area contributed by atoms with E-state index in [1.807, 2.05) is 25.1 Å². The second-order valence-electron chi connectivity index (χ2n) is 2.95. The van der Waals surface area contributed by atoms with Gasteiger partial charge in [-0.25, -0.2) is 0 Å². The molecule has 1 N–H and O–H groups in total. The lowest BCUT2D eigenvalue weighted by molar-refractivity contribution is -0.115. The molecule has 0 spiro atoms. The summed E-state index contributed by atoms with van der Waals surface area (Å²) in [7, 11) is 0. The van der Waals surface area contributed by atoms with Crippen LogP contribution < -0.4 is 5.32 Å². The number of halogens is 2. The van der Waals surface area contributed by atoms with E-state index < -0.39 is 0 Å². The molecule has 0 heterocycles. The van der Waals surface area contributed by atoms with Gasteiger partial charge in [0.15, 0.2) is 0 Å². The van der Waals surface area contributed by atoms with Gasteiger partial charge in [-0.2, -0.15) is 0 Å². The molecule has 76 valence electrons. The first-order valence-electron chi connectivity index (χ1n) is 4.25. The van der Waals surface area contributed by atoms with Crippen LogP contribution in [0.5, 0.6) is 0 Å². The number of alkyl halides is 1. The van der Waals surface area contributed by atoms with Crippen molar-refractivity contribution in [1.82, 2.24) is 0 Å². The van der Waals surface area contributed by atoms with E-state index in [0.29, 0.717) is 12.3 Å². The maximum atomic E-state index is 11.3. The average molecular weight is 277 g/mol. The normalized spacial score (nSPS) is 9.93. The van der Waals surface area contributed by atoms with Crippen LogP contribution in [-0.4, -0.2) is 11.8 Å². The number of hydrogen-bond donors (Lipinski definition) is 1. The number of anilines is 1. The van der Waals surface area contributed by atoms with Crippen LogP contribution >= 0.6 is 27.5 Å². The molecule has 0 aliphatic rings. The van der Waals surface area contributed by atoms with Gasteiger partial charge in [-0.15, -0.1) is 11.6 Å². The lowest BCUT2D eigenvalue weighted by atomic mass is 10.2. The van der Waals surface area contributed by atoms with Gasteiger partial charge in [0.1, 0.15) is 0 Å². The third kappa shape index (κ3) is 3.31. The van der Waals surface area contributed by atoms with E-state index in [4.69, 9.17) is 11.6 Å². The van der Waals surface area contributed by atoms with Crippen molar-refractivity contribution in [3.8, 4) is 0 Å². The zero-order valence-corrected chi connectivity index (χ0v) is 10.2. The van der Waals surface area contributed by atoms with Crippen LogP contribution in [0.2, 0.25) is 0 Å². The first-order chi connectivity index (χ1) is 6.63. The smallest absolute Gasteiger partial charge is 0.225 e. The Morgan fingerprint density at radius 1 is 1.57 bits per heavy atom. The number of hydrogen-bond acceptors (Lipinski definition) is 1. The van der Waals surface area contributed by atoms with E-state index in [0.717, 1.165) is 15.7 Å². The summed E-state index contributed by atoms with van der Waals surface area (Å²) in [6.45, 7) is 1.95. The highest BCUT2D eigenvalue weighted by molar-refractivity contribution is 9.10. The van der Waals surface area contributed by atoms with Gasteiger partial charge >= 0.3 is 0 Å². The summed E-state index contributed by atoms with van der Waals surface area (Å²) < 4.78 is 0.948. The van der Waals surface area contributed by atoms with Gasteiger partial charge < -0.3 is 5.32 Å². The topological polar surface area (TPSA) is 29.1 Å². The fraction of sp³-hybridized carbons (Fsp3) is 0.300. The van der Waals surface area contributed by atoms with Gasteiger partial charge in [0, 0.05) is 22.5 Å². The van der Waals surface area contributed by atoms with Gasteiger partial charge in [0.25, 0.3) is 0 Å². The van der Waals surface area contributed by atoms with Crippen LogP contribution in [0.15, 0.2) is 22.7 Å². The summed E-state index contributed by atoms with van der Waals surface area (Å²) in [5, 5.41) is 2.80. The van der Waals surface area contributed by atoms with E-state index in [2.05, 4.69) is 21.2 Å². The molecule has 2 nitrogen and oxygen atoms in total. The Labute approximate surface area is 96.8 Å². The number of rotatable bonds is 3. The Hall–Kier alpha value is -0.540. The number of nitrogens with one attached hydrogen (secondary N) is 1. The zero-order chi connectivity index (χ0) is 10.6. The van der Waals surface area contributed by atoms with Crippen LogP contribution in [0, 0.1) is 6.92 Å². The van der Waals surface area contributed by atoms with E-state index in [1.54, 1.807) is 0 Å². The molecule has 1 rings (SSSR count). The fourth-order valence-electron chi connectivity index (χ4n) is 1.03. The van der Waals surface area contributed by atoms with E-state index in [9.17, 15) is 4.79 Å². The SMILES string of the molecule is Cc1ccc(Br)cc1NC(=O)CCCl. The monoisotopic (exact) mass is 275 g/mol. The van der Waals surface area contributed by atoms with Crippen molar-refractivity contribution in [2.45, 2.75) is 13.3 Å². The van der Waals surface area contributed by atoms with Crippen LogP contribution in [0.4, 0.5) is 5.69 Å². The van der Waals surface area contributed by atoms with Crippen molar-refractivity contribution in [1.29, 1.82) is 0 Å². The molecule has 0 saturated heterocycles. The van der Waals surface area contributed by atoms with Crippen LogP contribution in [-0.2, 0) is 4.79 Å². The van der Waals surface area contributed by atoms with E-state index in [1.165, 1.54) is 0 Å². The molecule has 0 radical (unpaired) electrons. The van der Waals surface area contributed by atoms with Crippen molar-refractivity contribution < 1.29 is 4.79 Å². The Morgan fingerprint density at radius 2 is 2.29 bits per heavy atom. The Kier molecular flexibility index (Phi) is 4.42. The predicted molar refractivity (Wildman–Crippen MR) is 62.8 cm³/mol. The molecule has 1 aromatic carbocycles. The Balaban J connectivity index is 2.75. The first kappa shape index (κ1) is 11.5. The summed E-state index contributed by atoms with van der Waals surface area (Å²) in [5.74, 6) is 0.292. The van der Waals surface area contributed by atoms with Crippen molar-refractivity contribution in [2.75, 3.05) is 11.2 Å². The predicted octanol–water partition coefficient (Wildman–Crippen LogP) is 3.32. The molecule has 0 atom stereocenters. The largest absolute Gasteiger partial charge is 0.326 e. The highest BCUT2D eigenvalue weighted by Gasteiger charge is 2.03. The minimum absolute atomic E-state index is 0.0544. The Morgan fingerprint density at radius 3 is 2.93 bits per heavy atom. The van der Waals surface area contributed by atoms with Crippen molar-refractivity contribution in [3.05, 3.63) is 28.2 Å². The summed E-state index contributed by atoms with van der Waals surface area (Å²) in [5.41, 5.74) is 1.87. The third-order valence-corrected chi connectivity index (χ3v) is 2.48. The highest BCUT2D eigenvalue weighted by Crippen LogP contribution is 2.20. The molecule has 14 heavy (non-hydrogen) atoms. The van der Waals surface area contributed by atoms with Crippen molar-refractivity contribution in [3.63, 3.8) is 0 Å². The van der Waals surface area contributed by atoms with Crippen LogP contribution in [0.1, 0.15) is 12.0 Å². The molecule has 0 unspecified atom stereocenters. The summed E-state index contributed by atoms with van der Waals surface area (Å²) in [6, 6.07) is 5.76. The van der Waals surface area contributed by atoms with Crippen molar-refractivity contribution >= 4 is 39.1 Å². The van der Waals surface area contributed by atoms with Crippen molar-refractivity contribution in [2.24, 2.45) is 0 Å². The molecule has 0 aliphatic heterocycles. The number of aryl methyl sites for hydroxylation is 1. The third-order valence-electron chi connectivity index (χ3n) is 1.80. The molecule has 0 aromatic heterocycles. The van der Waals surface area contributed by atoms with Gasteiger partial charge in [-0.05, 0) is 24.6 Å². The standard InChI is InChI=1S/C10H11BrClNO/c1-7-2-3-8(11)6-9(7)13-10(14)4-5-12/h2-3,6H,4-5H2,1H3,(H,13,14). The Bertz CT molecular complexity index is 341. The summed E-state index contributed by atoms with van der Waals surface area (Å²) in [4.78, 5) is 11.3. The van der Waals surface area contributed by atoms with Gasteiger partial charge in [0.05, 0.1) is 0 Å². The molecule has 0 saturated carbocycles. The average Bonchev–Trinajstić information content (AvgIpc) is 2.12. The summed E-state index contributed by atoms with van der Waals surface area (Å²) >= 11 is 8.81. The molecular weight excluding hydrogens is 265 g/mol. The fourth-order valence-corrected chi connectivity index (χ4v) is 1.56. The highest BCUT2D eigenvalue weighted by atomic mass is 79.9. The zero-order valence-electron chi connectivity index (χ0n) is 7.81. The lowest BCUT2D eigenvalue weighted by Crippen LogP contribution is -2.12. The molecule has 1 amide bonds. The molecule has 1 aromatic rings. The van der Waals surface area contributed by atoms with Gasteiger partial charge in [-0.1, -0.05) is 22.0 Å². The number of carbonyl (C=O) groups is 1. The number of amides is 1.